The Balaban J connectivity index is 1.74. The van der Waals surface area contributed by atoms with Gasteiger partial charge in [-0.1, -0.05) is 0 Å². The average molecular weight is 331 g/mol. The summed E-state index contributed by atoms with van der Waals surface area (Å²) in [5.74, 6) is -0.650. The molecule has 2 aromatic rings. The van der Waals surface area contributed by atoms with Crippen LogP contribution in [0.5, 0.6) is 5.75 Å². The molecule has 8 nitrogen and oxygen atoms in total. The van der Waals surface area contributed by atoms with Gasteiger partial charge in [-0.25, -0.2) is 9.48 Å². The quantitative estimate of drug-likeness (QED) is 0.891. The molecule has 1 saturated heterocycles. The van der Waals surface area contributed by atoms with Gasteiger partial charge in [-0.05, 0) is 30.3 Å². The molecule has 1 aromatic carbocycles. The zero-order valence-corrected chi connectivity index (χ0v) is 13.1. The van der Waals surface area contributed by atoms with E-state index in [-0.39, 0.29) is 24.8 Å². The van der Waals surface area contributed by atoms with Crippen molar-refractivity contribution in [2.24, 2.45) is 0 Å². The van der Waals surface area contributed by atoms with E-state index in [4.69, 9.17) is 14.6 Å². The molecule has 0 saturated carbocycles. The van der Waals surface area contributed by atoms with Crippen LogP contribution in [0, 0.1) is 0 Å². The van der Waals surface area contributed by atoms with Crippen molar-refractivity contribution in [1.29, 1.82) is 0 Å². The first kappa shape index (κ1) is 16.0. The number of nitrogens with zero attached hydrogens (tertiary/aromatic N) is 3. The van der Waals surface area contributed by atoms with Crippen LogP contribution in [0.3, 0.4) is 0 Å². The average Bonchev–Trinajstić information content (AvgIpc) is 3.11. The number of rotatable bonds is 4. The maximum atomic E-state index is 12.5. The lowest BCUT2D eigenvalue weighted by molar-refractivity contribution is -0.154. The number of hydrogen-bond donors (Lipinski definition) is 1. The van der Waals surface area contributed by atoms with Gasteiger partial charge in [-0.15, -0.1) is 0 Å². The van der Waals surface area contributed by atoms with Crippen LogP contribution in [0.4, 0.5) is 0 Å². The maximum absolute atomic E-state index is 12.5. The van der Waals surface area contributed by atoms with Crippen molar-refractivity contribution < 1.29 is 24.2 Å². The second-order valence-electron chi connectivity index (χ2n) is 5.29. The molecular formula is C16H17N3O5. The van der Waals surface area contributed by atoms with Gasteiger partial charge in [0.1, 0.15) is 5.75 Å². The SMILES string of the molecule is COc1ccc(-n2ccc(C(=O)N3CCO[C@@H](C(=O)O)C3)n2)cc1. The largest absolute Gasteiger partial charge is 0.497 e. The summed E-state index contributed by atoms with van der Waals surface area (Å²) >= 11 is 0. The lowest BCUT2D eigenvalue weighted by Crippen LogP contribution is -2.48. The number of ether oxygens (including phenoxy) is 2. The third kappa shape index (κ3) is 3.23. The molecule has 1 atom stereocenters. The maximum Gasteiger partial charge on any atom is 0.334 e. The minimum absolute atomic E-state index is 0.0174. The van der Waals surface area contributed by atoms with E-state index in [1.165, 1.54) is 4.90 Å². The molecule has 0 aliphatic carbocycles. The van der Waals surface area contributed by atoms with Crippen molar-refractivity contribution in [3.8, 4) is 11.4 Å². The molecule has 0 unspecified atom stereocenters. The lowest BCUT2D eigenvalue weighted by atomic mass is 10.2. The standard InChI is InChI=1S/C16H17N3O5/c1-23-12-4-2-11(3-5-12)19-7-6-13(17-19)15(20)18-8-9-24-14(10-18)16(21)22/h2-7,14H,8-10H2,1H3,(H,21,22)/t14-/m1/s1. The highest BCUT2D eigenvalue weighted by molar-refractivity contribution is 5.92. The van der Waals surface area contributed by atoms with Crippen LogP contribution in [0.1, 0.15) is 10.5 Å². The van der Waals surface area contributed by atoms with Crippen molar-refractivity contribution in [3.05, 3.63) is 42.2 Å². The fraction of sp³-hybridized carbons (Fsp3) is 0.312. The smallest absolute Gasteiger partial charge is 0.334 e. The van der Waals surface area contributed by atoms with Gasteiger partial charge in [0.15, 0.2) is 11.8 Å². The number of morpholine rings is 1. The van der Waals surface area contributed by atoms with E-state index < -0.39 is 12.1 Å². The van der Waals surface area contributed by atoms with Crippen LogP contribution >= 0.6 is 0 Å². The number of aromatic nitrogens is 2. The van der Waals surface area contributed by atoms with Gasteiger partial charge in [0.2, 0.25) is 0 Å². The van der Waals surface area contributed by atoms with Gasteiger partial charge in [0.05, 0.1) is 25.9 Å². The van der Waals surface area contributed by atoms with E-state index in [0.717, 1.165) is 11.4 Å². The number of carboxylic acid groups (broad SMARTS) is 1. The van der Waals surface area contributed by atoms with Crippen LogP contribution in [-0.2, 0) is 9.53 Å². The molecule has 2 heterocycles. The molecule has 0 spiro atoms. The molecule has 1 aliphatic heterocycles. The second-order valence-corrected chi connectivity index (χ2v) is 5.29. The van der Waals surface area contributed by atoms with E-state index in [1.807, 2.05) is 12.1 Å². The molecule has 0 bridgehead atoms. The summed E-state index contributed by atoms with van der Waals surface area (Å²) in [7, 11) is 1.59. The number of carboxylic acids is 1. The lowest BCUT2D eigenvalue weighted by Gasteiger charge is -2.30. The predicted octanol–water partition coefficient (Wildman–Crippen LogP) is 0.806. The molecular weight excluding hydrogens is 314 g/mol. The van der Waals surface area contributed by atoms with E-state index in [9.17, 15) is 9.59 Å². The summed E-state index contributed by atoms with van der Waals surface area (Å²) in [6, 6.07) is 8.87. The molecule has 3 rings (SSSR count). The first-order valence-corrected chi connectivity index (χ1v) is 7.42. The summed E-state index contributed by atoms with van der Waals surface area (Å²) in [4.78, 5) is 24.9. The van der Waals surface area contributed by atoms with Gasteiger partial charge < -0.3 is 19.5 Å². The fourth-order valence-electron chi connectivity index (χ4n) is 2.46. The zero-order valence-electron chi connectivity index (χ0n) is 13.1. The van der Waals surface area contributed by atoms with E-state index in [1.54, 1.807) is 36.2 Å². The Bertz CT molecular complexity index is 740. The predicted molar refractivity (Wildman–Crippen MR) is 83.4 cm³/mol. The zero-order chi connectivity index (χ0) is 17.1. The van der Waals surface area contributed by atoms with Gasteiger partial charge in [0, 0.05) is 12.7 Å². The molecule has 1 aromatic heterocycles. The van der Waals surface area contributed by atoms with Crippen molar-refractivity contribution in [2.75, 3.05) is 26.8 Å². The van der Waals surface area contributed by atoms with Crippen molar-refractivity contribution >= 4 is 11.9 Å². The van der Waals surface area contributed by atoms with Gasteiger partial charge in [-0.2, -0.15) is 5.10 Å². The molecule has 24 heavy (non-hydrogen) atoms. The van der Waals surface area contributed by atoms with Gasteiger partial charge >= 0.3 is 5.97 Å². The minimum atomic E-state index is -1.07. The molecule has 8 heteroatoms. The van der Waals surface area contributed by atoms with Crippen LogP contribution in [0.25, 0.3) is 5.69 Å². The minimum Gasteiger partial charge on any atom is -0.497 e. The van der Waals surface area contributed by atoms with Crippen LogP contribution in [-0.4, -0.2) is 64.6 Å². The second kappa shape index (κ2) is 6.71. The fourth-order valence-corrected chi connectivity index (χ4v) is 2.46. The Kier molecular flexibility index (Phi) is 4.48. The van der Waals surface area contributed by atoms with E-state index >= 15 is 0 Å². The van der Waals surface area contributed by atoms with Crippen LogP contribution in [0.15, 0.2) is 36.5 Å². The summed E-state index contributed by atoms with van der Waals surface area (Å²) in [5.41, 5.74) is 1.05. The molecule has 126 valence electrons. The van der Waals surface area contributed by atoms with Crippen LogP contribution in [0.2, 0.25) is 0 Å². The number of carbonyl (C=O) groups excluding carboxylic acids is 1. The first-order chi connectivity index (χ1) is 11.6. The Hall–Kier alpha value is -2.87. The Morgan fingerprint density at radius 1 is 1.29 bits per heavy atom. The number of amides is 1. The Morgan fingerprint density at radius 3 is 2.71 bits per heavy atom. The number of hydrogen-bond acceptors (Lipinski definition) is 5. The third-order valence-corrected chi connectivity index (χ3v) is 3.77. The highest BCUT2D eigenvalue weighted by atomic mass is 16.5. The Labute approximate surface area is 138 Å². The van der Waals surface area contributed by atoms with Crippen LogP contribution < -0.4 is 4.74 Å². The van der Waals surface area contributed by atoms with E-state index in [2.05, 4.69) is 5.10 Å². The molecule has 0 radical (unpaired) electrons. The Morgan fingerprint density at radius 2 is 2.04 bits per heavy atom. The highest BCUT2D eigenvalue weighted by Crippen LogP contribution is 2.15. The normalized spacial score (nSPS) is 17.5. The topological polar surface area (TPSA) is 93.9 Å². The highest BCUT2D eigenvalue weighted by Gasteiger charge is 2.30. The summed E-state index contributed by atoms with van der Waals surface area (Å²) in [5, 5.41) is 13.3. The van der Waals surface area contributed by atoms with Crippen molar-refractivity contribution in [2.45, 2.75) is 6.10 Å². The van der Waals surface area contributed by atoms with Crippen molar-refractivity contribution in [1.82, 2.24) is 14.7 Å². The summed E-state index contributed by atoms with van der Waals surface area (Å²) in [6.07, 6.45) is 0.691. The number of methoxy groups -OCH3 is 1. The van der Waals surface area contributed by atoms with Gasteiger partial charge in [-0.3, -0.25) is 4.79 Å². The molecule has 1 N–H and O–H groups in total. The summed E-state index contributed by atoms with van der Waals surface area (Å²) in [6.45, 7) is 0.559. The molecule has 1 amide bonds. The molecule has 1 fully saturated rings. The van der Waals surface area contributed by atoms with E-state index in [0.29, 0.717) is 6.54 Å². The molecule has 1 aliphatic rings. The monoisotopic (exact) mass is 331 g/mol. The number of aliphatic carboxylic acids is 1. The first-order valence-electron chi connectivity index (χ1n) is 7.42. The number of carbonyl (C=O) groups is 2. The van der Waals surface area contributed by atoms with Gasteiger partial charge in [0.25, 0.3) is 5.91 Å². The third-order valence-electron chi connectivity index (χ3n) is 3.77. The number of benzene rings is 1. The summed E-state index contributed by atoms with van der Waals surface area (Å²) < 4.78 is 11.8. The van der Waals surface area contributed by atoms with Crippen molar-refractivity contribution in [3.63, 3.8) is 0 Å².